The van der Waals surface area contributed by atoms with Crippen molar-refractivity contribution in [2.75, 3.05) is 31.4 Å². The fourth-order valence-electron chi connectivity index (χ4n) is 3.06. The molecular weight excluding hydrogens is 396 g/mol. The average Bonchev–Trinajstić information content (AvgIpc) is 3.21. The number of aromatic amines is 1. The maximum atomic E-state index is 11.1. The highest BCUT2D eigenvalue weighted by Crippen LogP contribution is 2.32. The molecule has 0 aliphatic rings. The van der Waals surface area contributed by atoms with Crippen molar-refractivity contribution in [1.29, 1.82) is 0 Å². The molecule has 0 fully saturated rings. The van der Waals surface area contributed by atoms with E-state index in [0.29, 0.717) is 29.6 Å². The van der Waals surface area contributed by atoms with Crippen LogP contribution in [0.1, 0.15) is 6.92 Å². The molecule has 158 valence electrons. The average molecular weight is 418 g/mol. The minimum absolute atomic E-state index is 0.0784. The van der Waals surface area contributed by atoms with Gasteiger partial charge in [-0.25, -0.2) is 4.98 Å². The van der Waals surface area contributed by atoms with Gasteiger partial charge in [-0.3, -0.25) is 9.89 Å². The third-order valence-electron chi connectivity index (χ3n) is 4.63. The second-order valence-electron chi connectivity index (χ2n) is 6.89. The van der Waals surface area contributed by atoms with Crippen LogP contribution >= 0.6 is 0 Å². The molecule has 4 aromatic rings. The van der Waals surface area contributed by atoms with Gasteiger partial charge in [0.25, 0.3) is 0 Å². The molecule has 0 aliphatic carbocycles. The molecule has 0 saturated carbocycles. The summed E-state index contributed by atoms with van der Waals surface area (Å²) >= 11 is 0. The molecule has 2 aromatic heterocycles. The van der Waals surface area contributed by atoms with Gasteiger partial charge in [0.2, 0.25) is 5.95 Å². The fourth-order valence-corrected chi connectivity index (χ4v) is 3.06. The molecule has 0 saturated heterocycles. The predicted octanol–water partition coefficient (Wildman–Crippen LogP) is 3.78. The van der Waals surface area contributed by atoms with E-state index in [1.807, 2.05) is 42.5 Å². The van der Waals surface area contributed by atoms with Gasteiger partial charge in [-0.05, 0) is 43.3 Å². The Labute approximate surface area is 178 Å². The van der Waals surface area contributed by atoms with Crippen LogP contribution in [0.3, 0.4) is 0 Å². The highest BCUT2D eigenvalue weighted by atomic mass is 16.5. The van der Waals surface area contributed by atoms with E-state index in [0.717, 1.165) is 28.0 Å². The Morgan fingerprint density at radius 3 is 2.35 bits per heavy atom. The molecule has 3 N–H and O–H groups in total. The number of nitrogens with zero attached hydrogens (tertiary/aromatic N) is 3. The summed E-state index contributed by atoms with van der Waals surface area (Å²) < 4.78 is 10.7. The van der Waals surface area contributed by atoms with Gasteiger partial charge in [0.05, 0.1) is 31.8 Å². The van der Waals surface area contributed by atoms with E-state index in [2.05, 4.69) is 30.8 Å². The zero-order valence-corrected chi connectivity index (χ0v) is 17.4. The van der Waals surface area contributed by atoms with Crippen LogP contribution in [0, 0.1) is 0 Å². The summed E-state index contributed by atoms with van der Waals surface area (Å²) in [5, 5.41) is 14.3. The molecule has 31 heavy (non-hydrogen) atoms. The van der Waals surface area contributed by atoms with E-state index in [1.165, 1.54) is 0 Å². The van der Waals surface area contributed by atoms with Crippen molar-refractivity contribution in [3.8, 4) is 22.8 Å². The number of rotatable bonds is 8. The topological polar surface area (TPSA) is 114 Å². The third-order valence-corrected chi connectivity index (χ3v) is 4.63. The summed E-state index contributed by atoms with van der Waals surface area (Å²) in [6.45, 7) is 1.84. The van der Waals surface area contributed by atoms with Crippen LogP contribution in [0.5, 0.6) is 11.5 Å². The third kappa shape index (κ3) is 4.55. The minimum Gasteiger partial charge on any atom is -0.497 e. The number of ketones is 1. The van der Waals surface area contributed by atoms with Crippen molar-refractivity contribution < 1.29 is 14.3 Å². The first kappa shape index (κ1) is 20.1. The maximum absolute atomic E-state index is 11.1. The summed E-state index contributed by atoms with van der Waals surface area (Å²) in [5.74, 6) is 1.86. The van der Waals surface area contributed by atoms with Gasteiger partial charge in [0.15, 0.2) is 5.65 Å². The van der Waals surface area contributed by atoms with Crippen LogP contribution in [0.15, 0.2) is 48.7 Å². The molecular formula is C22H22N6O3. The number of benzene rings is 2. The van der Waals surface area contributed by atoms with Crippen LogP contribution in [-0.4, -0.2) is 46.7 Å². The van der Waals surface area contributed by atoms with Gasteiger partial charge in [0.1, 0.15) is 17.3 Å². The fraction of sp³-hybridized carbons (Fsp3) is 0.182. The Hall–Kier alpha value is -4.14. The van der Waals surface area contributed by atoms with Crippen LogP contribution in [-0.2, 0) is 4.79 Å². The van der Waals surface area contributed by atoms with Crippen LogP contribution in [0.4, 0.5) is 17.3 Å². The molecule has 0 spiro atoms. The quantitative estimate of drug-likeness (QED) is 0.396. The maximum Gasteiger partial charge on any atom is 0.229 e. The van der Waals surface area contributed by atoms with E-state index < -0.39 is 0 Å². The Bertz CT molecular complexity index is 1200. The van der Waals surface area contributed by atoms with Gasteiger partial charge in [-0.1, -0.05) is 0 Å². The first-order chi connectivity index (χ1) is 15.1. The summed E-state index contributed by atoms with van der Waals surface area (Å²) in [7, 11) is 3.22. The summed E-state index contributed by atoms with van der Waals surface area (Å²) in [6.07, 6.45) is 1.72. The highest BCUT2D eigenvalue weighted by Gasteiger charge is 2.13. The zero-order valence-electron chi connectivity index (χ0n) is 17.4. The highest BCUT2D eigenvalue weighted by molar-refractivity contribution is 5.91. The van der Waals surface area contributed by atoms with Gasteiger partial charge in [0, 0.05) is 29.2 Å². The number of H-pyrrole nitrogens is 1. The number of nitrogens with one attached hydrogen (secondary N) is 3. The zero-order chi connectivity index (χ0) is 21.8. The number of hydrogen-bond donors (Lipinski definition) is 3. The van der Waals surface area contributed by atoms with Crippen molar-refractivity contribution in [1.82, 2.24) is 20.2 Å². The smallest absolute Gasteiger partial charge is 0.229 e. The first-order valence-corrected chi connectivity index (χ1v) is 9.60. The molecule has 9 nitrogen and oxygen atoms in total. The van der Waals surface area contributed by atoms with Gasteiger partial charge < -0.3 is 20.1 Å². The Balaban J connectivity index is 1.56. The molecule has 2 heterocycles. The van der Waals surface area contributed by atoms with Crippen molar-refractivity contribution in [2.45, 2.75) is 6.92 Å². The second-order valence-corrected chi connectivity index (χ2v) is 6.89. The molecule has 2 aromatic carbocycles. The van der Waals surface area contributed by atoms with Crippen LogP contribution in [0.2, 0.25) is 0 Å². The lowest BCUT2D eigenvalue weighted by Gasteiger charge is -2.08. The van der Waals surface area contributed by atoms with Gasteiger partial charge in [-0.15, -0.1) is 0 Å². The van der Waals surface area contributed by atoms with E-state index in [4.69, 9.17) is 9.47 Å². The van der Waals surface area contributed by atoms with E-state index in [9.17, 15) is 4.79 Å². The Morgan fingerprint density at radius 1 is 1.03 bits per heavy atom. The monoisotopic (exact) mass is 418 g/mol. The summed E-state index contributed by atoms with van der Waals surface area (Å²) in [6, 6.07) is 13.1. The van der Waals surface area contributed by atoms with Crippen LogP contribution < -0.4 is 20.1 Å². The van der Waals surface area contributed by atoms with E-state index >= 15 is 0 Å². The number of carbonyl (C=O) groups excluding carboxylic acids is 1. The number of methoxy groups -OCH3 is 2. The second kappa shape index (κ2) is 8.70. The first-order valence-electron chi connectivity index (χ1n) is 9.60. The number of fused-ring (bicyclic) bond motifs is 1. The predicted molar refractivity (Wildman–Crippen MR) is 119 cm³/mol. The number of ether oxygens (including phenoxy) is 2. The SMILES string of the molecule is COc1cc(OC)cc(-c2[nH]nc3nc(Nc4ccc(NCC(C)=O)cc4)ncc23)c1. The minimum atomic E-state index is 0.0784. The molecule has 0 bridgehead atoms. The number of carbonyl (C=O) groups is 1. The van der Waals surface area contributed by atoms with Crippen molar-refractivity contribution in [3.05, 3.63) is 48.7 Å². The molecule has 0 amide bonds. The Kier molecular flexibility index (Phi) is 5.65. The normalized spacial score (nSPS) is 10.7. The van der Waals surface area contributed by atoms with Crippen molar-refractivity contribution in [3.63, 3.8) is 0 Å². The number of hydrogen-bond acceptors (Lipinski definition) is 8. The number of Topliss-reactive ketones (excluding diaryl/α,β-unsaturated/α-hetero) is 1. The molecule has 0 unspecified atom stereocenters. The standard InChI is InChI=1S/C22H22N6O3/c1-13(29)11-23-15-4-6-16(7-5-15)25-22-24-12-19-20(27-28-21(19)26-22)14-8-17(30-2)10-18(9-14)31-3/h4-10,12,23H,11H2,1-3H3,(H2,24,25,26,27,28). The number of aromatic nitrogens is 4. The lowest BCUT2D eigenvalue weighted by molar-refractivity contribution is -0.115. The largest absolute Gasteiger partial charge is 0.497 e. The summed E-state index contributed by atoms with van der Waals surface area (Å²) in [5.41, 5.74) is 3.86. The van der Waals surface area contributed by atoms with E-state index in [1.54, 1.807) is 27.3 Å². The number of anilines is 3. The lowest BCUT2D eigenvalue weighted by atomic mass is 10.1. The molecule has 4 rings (SSSR count). The molecule has 0 radical (unpaired) electrons. The summed E-state index contributed by atoms with van der Waals surface area (Å²) in [4.78, 5) is 20.0. The molecule has 0 atom stereocenters. The lowest BCUT2D eigenvalue weighted by Crippen LogP contribution is -2.09. The van der Waals surface area contributed by atoms with Crippen molar-refractivity contribution >= 4 is 34.1 Å². The molecule has 0 aliphatic heterocycles. The molecule has 9 heteroatoms. The Morgan fingerprint density at radius 2 is 1.71 bits per heavy atom. The van der Waals surface area contributed by atoms with E-state index in [-0.39, 0.29) is 5.78 Å². The van der Waals surface area contributed by atoms with Crippen LogP contribution in [0.25, 0.3) is 22.3 Å². The van der Waals surface area contributed by atoms with Crippen molar-refractivity contribution in [2.24, 2.45) is 0 Å². The van der Waals surface area contributed by atoms with Gasteiger partial charge >= 0.3 is 0 Å². The van der Waals surface area contributed by atoms with Gasteiger partial charge in [-0.2, -0.15) is 10.1 Å².